The number of nitrogens with zero attached hydrogens (tertiary/aromatic N) is 3. The number of carbonyl (C=O) groups excluding carboxylic acids is 1. The number of nitrogens with one attached hydrogen (secondary N) is 2. The Bertz CT molecular complexity index is 1320. The Morgan fingerprint density at radius 2 is 2.00 bits per heavy atom. The first kappa shape index (κ1) is 34.3. The Hall–Kier alpha value is -3.01. The summed E-state index contributed by atoms with van der Waals surface area (Å²) < 4.78 is 49.2. The molecule has 3 atom stereocenters. The average molecular weight is 644 g/mol. The van der Waals surface area contributed by atoms with Crippen LogP contribution in [0.1, 0.15) is 91.0 Å². The predicted molar refractivity (Wildman–Crippen MR) is 179 cm³/mol. The molecule has 4 fully saturated rings. The minimum absolute atomic E-state index is 0.0247. The van der Waals surface area contributed by atoms with Gasteiger partial charge in [0, 0.05) is 61.4 Å². The minimum atomic E-state index is -4.58. The van der Waals surface area contributed by atoms with Crippen molar-refractivity contribution in [2.75, 3.05) is 43.0 Å². The van der Waals surface area contributed by atoms with Gasteiger partial charge in [-0.3, -0.25) is 4.79 Å². The van der Waals surface area contributed by atoms with E-state index in [4.69, 9.17) is 4.74 Å². The van der Waals surface area contributed by atoms with Gasteiger partial charge in [-0.15, -0.1) is 0 Å². The quantitative estimate of drug-likeness (QED) is 0.106. The summed E-state index contributed by atoms with van der Waals surface area (Å²) in [5, 5.41) is 6.29. The fourth-order valence-electron chi connectivity index (χ4n) is 7.22. The molecule has 3 unspecified atom stereocenters. The zero-order valence-electron chi connectivity index (χ0n) is 28.0. The molecule has 0 radical (unpaired) electrons. The average Bonchev–Trinajstić information content (AvgIpc) is 3.74. The third kappa shape index (κ3) is 8.47. The van der Waals surface area contributed by atoms with Gasteiger partial charge >= 0.3 is 6.18 Å². The van der Waals surface area contributed by atoms with Crippen molar-refractivity contribution in [1.82, 2.24) is 10.2 Å². The first-order valence-electron chi connectivity index (χ1n) is 17.4. The first-order chi connectivity index (χ1) is 22.0. The molecule has 4 aliphatic rings. The third-order valence-electron chi connectivity index (χ3n) is 10.0. The number of aliphatic imine (C=N–C) groups is 1. The molecule has 1 aromatic rings. The number of halogens is 3. The second-order valence-electron chi connectivity index (χ2n) is 13.8. The molecule has 2 aliphatic heterocycles. The van der Waals surface area contributed by atoms with Crippen molar-refractivity contribution in [2.24, 2.45) is 16.8 Å². The fourth-order valence-corrected chi connectivity index (χ4v) is 7.22. The molecule has 46 heavy (non-hydrogen) atoms. The predicted octanol–water partition coefficient (Wildman–Crippen LogP) is 7.60. The van der Waals surface area contributed by atoms with E-state index in [1.165, 1.54) is 0 Å². The van der Waals surface area contributed by atoms with Gasteiger partial charge in [0.1, 0.15) is 5.84 Å². The number of carbonyl (C=O) groups is 1. The summed E-state index contributed by atoms with van der Waals surface area (Å²) in [6, 6.07) is 6.48. The highest BCUT2D eigenvalue weighted by molar-refractivity contribution is 5.95. The number of anilines is 2. The van der Waals surface area contributed by atoms with Crippen LogP contribution in [0.4, 0.5) is 24.5 Å². The van der Waals surface area contributed by atoms with Crippen LogP contribution < -0.4 is 15.5 Å². The van der Waals surface area contributed by atoms with Crippen molar-refractivity contribution in [3.8, 4) is 0 Å². The van der Waals surface area contributed by atoms with Gasteiger partial charge in [0.2, 0.25) is 5.91 Å². The molecule has 0 aromatic heterocycles. The number of hydrogen-bond acceptors (Lipinski definition) is 5. The molecule has 2 saturated carbocycles. The summed E-state index contributed by atoms with van der Waals surface area (Å²) in [5.41, 5.74) is 2.34. The second-order valence-corrected chi connectivity index (χ2v) is 13.8. The zero-order valence-corrected chi connectivity index (χ0v) is 28.0. The van der Waals surface area contributed by atoms with Crippen molar-refractivity contribution in [1.29, 1.82) is 0 Å². The highest BCUT2D eigenvalue weighted by Crippen LogP contribution is 2.43. The van der Waals surface area contributed by atoms with E-state index in [1.807, 2.05) is 17.9 Å². The molecule has 5 rings (SSSR count). The molecule has 1 spiro atoms. The molecule has 1 amide bonds. The third-order valence-corrected chi connectivity index (χ3v) is 10.0. The fraction of sp³-hybridized carbons (Fsp3) is 0.667. The molecule has 2 aliphatic carbocycles. The van der Waals surface area contributed by atoms with E-state index < -0.39 is 11.7 Å². The van der Waals surface area contributed by atoms with E-state index in [0.29, 0.717) is 37.7 Å². The highest BCUT2D eigenvalue weighted by Gasteiger charge is 2.47. The molecule has 1 aromatic carbocycles. The van der Waals surface area contributed by atoms with E-state index in [1.54, 1.807) is 13.0 Å². The van der Waals surface area contributed by atoms with Crippen molar-refractivity contribution in [3.05, 3.63) is 47.3 Å². The molecule has 2 N–H and O–H groups in total. The number of rotatable bonds is 12. The van der Waals surface area contributed by atoms with Crippen LogP contribution in [0.5, 0.6) is 0 Å². The van der Waals surface area contributed by atoms with Gasteiger partial charge < -0.3 is 25.2 Å². The van der Waals surface area contributed by atoms with Crippen molar-refractivity contribution < 1.29 is 22.7 Å². The van der Waals surface area contributed by atoms with Gasteiger partial charge in [0.15, 0.2) is 0 Å². The maximum absolute atomic E-state index is 14.4. The molecular weight excluding hydrogens is 591 g/mol. The molecule has 2 heterocycles. The van der Waals surface area contributed by atoms with Crippen LogP contribution in [0.15, 0.2) is 46.7 Å². The molecule has 7 nitrogen and oxygen atoms in total. The largest absolute Gasteiger partial charge is 0.419 e. The van der Waals surface area contributed by atoms with Crippen LogP contribution in [0.3, 0.4) is 0 Å². The van der Waals surface area contributed by atoms with E-state index >= 15 is 0 Å². The van der Waals surface area contributed by atoms with Gasteiger partial charge in [-0.1, -0.05) is 33.3 Å². The molecular formula is C36H52F3N5O2. The second kappa shape index (κ2) is 14.8. The van der Waals surface area contributed by atoms with Gasteiger partial charge in [0.05, 0.1) is 17.8 Å². The van der Waals surface area contributed by atoms with Gasteiger partial charge in [0.25, 0.3) is 0 Å². The summed E-state index contributed by atoms with van der Waals surface area (Å²) in [5.74, 6) is 1.32. The SMILES string of the molecule is CCC/C=C(NCCCN1C(=O)C2CCC(C)CC1C2)/C(=C\N=C(C)Nc1ccc(N2CCOC3(CC3)C2)cc1CC)C(F)(F)F. The zero-order chi connectivity index (χ0) is 32.9. The maximum atomic E-state index is 14.4. The number of alkyl halides is 3. The van der Waals surface area contributed by atoms with Crippen molar-refractivity contribution >= 4 is 23.1 Å². The maximum Gasteiger partial charge on any atom is 0.419 e. The Morgan fingerprint density at radius 3 is 2.72 bits per heavy atom. The van der Waals surface area contributed by atoms with Crippen molar-refractivity contribution in [3.63, 3.8) is 0 Å². The van der Waals surface area contributed by atoms with Crippen LogP contribution in [-0.2, 0) is 16.0 Å². The van der Waals surface area contributed by atoms with E-state index in [2.05, 4.69) is 46.5 Å². The minimum Gasteiger partial charge on any atom is -0.385 e. The number of allylic oxidation sites excluding steroid dienone is 2. The summed E-state index contributed by atoms with van der Waals surface area (Å²) in [4.78, 5) is 21.5. The lowest BCUT2D eigenvalue weighted by Gasteiger charge is -2.35. The monoisotopic (exact) mass is 643 g/mol. The number of likely N-dealkylation sites (tertiary alicyclic amines) is 1. The van der Waals surface area contributed by atoms with Gasteiger partial charge in [-0.05, 0) is 94.4 Å². The van der Waals surface area contributed by atoms with Crippen LogP contribution in [-0.4, -0.2) is 67.2 Å². The number of hydrogen-bond donors (Lipinski definition) is 2. The van der Waals surface area contributed by atoms with Gasteiger partial charge in [-0.25, -0.2) is 4.99 Å². The summed E-state index contributed by atoms with van der Waals surface area (Å²) in [6.07, 6.45) is 6.76. The van der Waals surface area contributed by atoms with Crippen LogP contribution in [0.2, 0.25) is 0 Å². The van der Waals surface area contributed by atoms with Crippen molar-refractivity contribution in [2.45, 2.75) is 110 Å². The summed E-state index contributed by atoms with van der Waals surface area (Å²) in [6.45, 7) is 11.3. The lowest BCUT2D eigenvalue weighted by atomic mass is 9.97. The number of unbranched alkanes of at least 4 members (excludes halogenated alkanes) is 1. The van der Waals surface area contributed by atoms with E-state index in [-0.39, 0.29) is 29.2 Å². The molecule has 2 bridgehead atoms. The lowest BCUT2D eigenvalue weighted by Crippen LogP contribution is -2.44. The standard InChI is InChI=1S/C36H52F3N5O2/c1-5-7-9-33(40-16-8-17-44-30-20-25(3)10-11-28(22-30)34(44)45)31(36(37,38)39)23-41-26(4)42-32-13-12-29(21-27(32)6-2)43-18-19-46-35(24-43)14-15-35/h9,12-13,21,23,25,28,30,40H,5-8,10-11,14-20,22,24H2,1-4H3,(H,41,42)/b31-23+,33-9-. The molecule has 2 saturated heterocycles. The number of amidine groups is 1. The van der Waals surface area contributed by atoms with Crippen LogP contribution in [0.25, 0.3) is 0 Å². The Labute approximate surface area is 272 Å². The number of amides is 1. The lowest BCUT2D eigenvalue weighted by molar-refractivity contribution is -0.133. The summed E-state index contributed by atoms with van der Waals surface area (Å²) >= 11 is 0. The van der Waals surface area contributed by atoms with Crippen LogP contribution in [0, 0.1) is 11.8 Å². The van der Waals surface area contributed by atoms with Gasteiger partial charge in [-0.2, -0.15) is 13.2 Å². The Balaban J connectivity index is 1.24. The topological polar surface area (TPSA) is 69.2 Å². The first-order valence-corrected chi connectivity index (χ1v) is 17.4. The van der Waals surface area contributed by atoms with E-state index in [0.717, 1.165) is 94.2 Å². The number of aryl methyl sites for hydroxylation is 1. The van der Waals surface area contributed by atoms with Crippen LogP contribution >= 0.6 is 0 Å². The summed E-state index contributed by atoms with van der Waals surface area (Å²) in [7, 11) is 0. The normalized spacial score (nSPS) is 25.2. The Kier molecular flexibility index (Phi) is 11.1. The highest BCUT2D eigenvalue weighted by atomic mass is 19.4. The number of benzene rings is 1. The van der Waals surface area contributed by atoms with E-state index in [9.17, 15) is 18.0 Å². The molecule has 254 valence electrons. The molecule has 10 heteroatoms. The number of morpholine rings is 1. The number of ether oxygens (including phenoxy) is 1. The Morgan fingerprint density at radius 1 is 1.20 bits per heavy atom. The smallest absolute Gasteiger partial charge is 0.385 e. The number of fused-ring (bicyclic) bond motifs is 2.